The average molecular weight is 218 g/mol. The molecule has 1 aromatic carbocycles. The van der Waals surface area contributed by atoms with E-state index in [1.54, 1.807) is 24.3 Å². The topological polar surface area (TPSA) is 74.6 Å². The third-order valence-electron chi connectivity index (χ3n) is 1.75. The molecule has 0 spiro atoms. The lowest BCUT2D eigenvalue weighted by atomic mass is 10.1. The van der Waals surface area contributed by atoms with Gasteiger partial charge in [-0.2, -0.15) is 0 Å². The van der Waals surface area contributed by atoms with Gasteiger partial charge in [0, 0.05) is 5.56 Å². The molecule has 0 amide bonds. The number of hydrogen-bond donors (Lipinski definition) is 2. The normalized spacial score (nSPS) is 9.00. The Bertz CT molecular complexity index is 465. The molecule has 82 valence electrons. The molecule has 0 aliphatic rings. The minimum Gasteiger partial charge on any atom is -0.481 e. The van der Waals surface area contributed by atoms with Gasteiger partial charge in [0.15, 0.2) is 0 Å². The number of carbonyl (C=O) groups is 2. The van der Waals surface area contributed by atoms with Gasteiger partial charge in [0.05, 0.1) is 6.42 Å². The molecule has 0 bridgehead atoms. The van der Waals surface area contributed by atoms with E-state index < -0.39 is 11.9 Å². The summed E-state index contributed by atoms with van der Waals surface area (Å²) in [6.45, 7) is 0. The number of hydrogen-bond acceptors (Lipinski definition) is 2. The van der Waals surface area contributed by atoms with Crippen molar-refractivity contribution in [3.63, 3.8) is 0 Å². The van der Waals surface area contributed by atoms with Crippen molar-refractivity contribution >= 4 is 11.9 Å². The highest BCUT2D eigenvalue weighted by molar-refractivity contribution is 5.71. The van der Waals surface area contributed by atoms with Crippen molar-refractivity contribution in [2.75, 3.05) is 0 Å². The molecule has 0 atom stereocenters. The van der Waals surface area contributed by atoms with E-state index >= 15 is 0 Å². The van der Waals surface area contributed by atoms with Crippen LogP contribution in [0.2, 0.25) is 0 Å². The zero-order valence-electron chi connectivity index (χ0n) is 8.43. The maximum absolute atomic E-state index is 10.5. The zero-order chi connectivity index (χ0) is 12.0. The first-order valence-electron chi connectivity index (χ1n) is 4.59. The molecule has 0 aromatic heterocycles. The minimum absolute atomic E-state index is 0.0611. The Balaban J connectivity index is 2.76. The molecule has 0 radical (unpaired) electrons. The fourth-order valence-electron chi connectivity index (χ4n) is 1.16. The van der Waals surface area contributed by atoms with Crippen molar-refractivity contribution in [1.82, 2.24) is 0 Å². The van der Waals surface area contributed by atoms with Gasteiger partial charge >= 0.3 is 11.9 Å². The average Bonchev–Trinajstić information content (AvgIpc) is 2.16. The molecule has 4 heteroatoms. The molecule has 0 aliphatic carbocycles. The summed E-state index contributed by atoms with van der Waals surface area (Å²) < 4.78 is 0. The molecule has 1 aromatic rings. The van der Waals surface area contributed by atoms with Crippen LogP contribution in [-0.2, 0) is 16.0 Å². The monoisotopic (exact) mass is 218 g/mol. The molecule has 0 saturated heterocycles. The zero-order valence-corrected chi connectivity index (χ0v) is 8.43. The summed E-state index contributed by atoms with van der Waals surface area (Å²) in [5.41, 5.74) is 1.27. The number of carboxylic acid groups (broad SMARTS) is 2. The smallest absolute Gasteiger partial charge is 0.315 e. The maximum atomic E-state index is 10.5. The SMILES string of the molecule is O=C(O)CC#Cc1cccc(CC(=O)O)c1. The molecule has 0 saturated carbocycles. The van der Waals surface area contributed by atoms with Crippen molar-refractivity contribution in [1.29, 1.82) is 0 Å². The van der Waals surface area contributed by atoms with E-state index in [9.17, 15) is 9.59 Å². The van der Waals surface area contributed by atoms with E-state index in [1.165, 1.54) is 0 Å². The summed E-state index contributed by atoms with van der Waals surface area (Å²) in [7, 11) is 0. The summed E-state index contributed by atoms with van der Waals surface area (Å²) in [5, 5.41) is 17.0. The Morgan fingerprint density at radius 2 is 1.94 bits per heavy atom. The molecule has 1 rings (SSSR count). The largest absolute Gasteiger partial charge is 0.481 e. The van der Waals surface area contributed by atoms with Crippen LogP contribution in [0.4, 0.5) is 0 Å². The van der Waals surface area contributed by atoms with Crippen LogP contribution in [0.25, 0.3) is 0 Å². The van der Waals surface area contributed by atoms with E-state index in [2.05, 4.69) is 11.8 Å². The summed E-state index contributed by atoms with van der Waals surface area (Å²) in [6, 6.07) is 6.74. The van der Waals surface area contributed by atoms with Gasteiger partial charge in [0.2, 0.25) is 0 Å². The van der Waals surface area contributed by atoms with E-state index in [0.29, 0.717) is 11.1 Å². The lowest BCUT2D eigenvalue weighted by Gasteiger charge is -1.97. The number of rotatable bonds is 3. The van der Waals surface area contributed by atoms with Crippen molar-refractivity contribution in [2.45, 2.75) is 12.8 Å². The highest BCUT2D eigenvalue weighted by Crippen LogP contribution is 2.04. The Labute approximate surface area is 92.5 Å². The van der Waals surface area contributed by atoms with Crippen molar-refractivity contribution in [3.05, 3.63) is 35.4 Å². The lowest BCUT2D eigenvalue weighted by Crippen LogP contribution is -1.99. The standard InChI is InChI=1S/C12H10O4/c13-11(14)6-2-4-9-3-1-5-10(7-9)8-12(15)16/h1,3,5,7H,6,8H2,(H,13,14)(H,15,16). The van der Waals surface area contributed by atoms with Crippen LogP contribution in [0, 0.1) is 11.8 Å². The molecular formula is C12H10O4. The summed E-state index contributed by atoms with van der Waals surface area (Å²) in [4.78, 5) is 20.7. The predicted octanol–water partition coefficient (Wildman–Crippen LogP) is 1.14. The first-order chi connectivity index (χ1) is 7.58. The molecule has 0 unspecified atom stereocenters. The van der Waals surface area contributed by atoms with Crippen LogP contribution in [0.1, 0.15) is 17.5 Å². The van der Waals surface area contributed by atoms with Crippen LogP contribution in [0.3, 0.4) is 0 Å². The van der Waals surface area contributed by atoms with Gasteiger partial charge in [-0.3, -0.25) is 9.59 Å². The van der Waals surface area contributed by atoms with Gasteiger partial charge in [0.1, 0.15) is 6.42 Å². The summed E-state index contributed by atoms with van der Waals surface area (Å²) in [6.07, 6.45) is -0.280. The fraction of sp³-hybridized carbons (Fsp3) is 0.167. The van der Waals surface area contributed by atoms with E-state index in [4.69, 9.17) is 10.2 Å². The van der Waals surface area contributed by atoms with Gasteiger partial charge in [0.25, 0.3) is 0 Å². The molecule has 0 fully saturated rings. The van der Waals surface area contributed by atoms with Crippen LogP contribution in [-0.4, -0.2) is 22.2 Å². The fourth-order valence-corrected chi connectivity index (χ4v) is 1.16. The molecule has 2 N–H and O–H groups in total. The Kier molecular flexibility index (Phi) is 4.10. The second-order valence-corrected chi connectivity index (χ2v) is 3.14. The first-order valence-corrected chi connectivity index (χ1v) is 4.59. The third-order valence-corrected chi connectivity index (χ3v) is 1.75. The van der Waals surface area contributed by atoms with E-state index in [0.717, 1.165) is 0 Å². The minimum atomic E-state index is -0.978. The van der Waals surface area contributed by atoms with Crippen molar-refractivity contribution in [3.8, 4) is 11.8 Å². The summed E-state index contributed by atoms with van der Waals surface area (Å²) in [5.74, 6) is 3.27. The second kappa shape index (κ2) is 5.56. The number of aliphatic carboxylic acids is 2. The molecule has 0 heterocycles. The van der Waals surface area contributed by atoms with Crippen LogP contribution >= 0.6 is 0 Å². The third kappa shape index (κ3) is 4.29. The maximum Gasteiger partial charge on any atom is 0.315 e. The Hall–Kier alpha value is -2.28. The van der Waals surface area contributed by atoms with E-state index in [1.807, 2.05) is 0 Å². The van der Waals surface area contributed by atoms with Gasteiger partial charge in [-0.1, -0.05) is 24.0 Å². The first kappa shape index (κ1) is 11.8. The van der Waals surface area contributed by atoms with Gasteiger partial charge in [-0.05, 0) is 17.7 Å². The molecular weight excluding hydrogens is 208 g/mol. The number of benzene rings is 1. The van der Waals surface area contributed by atoms with Crippen LogP contribution in [0.15, 0.2) is 24.3 Å². The lowest BCUT2D eigenvalue weighted by molar-refractivity contribution is -0.137. The quantitative estimate of drug-likeness (QED) is 0.746. The van der Waals surface area contributed by atoms with Crippen molar-refractivity contribution < 1.29 is 19.8 Å². The van der Waals surface area contributed by atoms with E-state index in [-0.39, 0.29) is 12.8 Å². The molecule has 4 nitrogen and oxygen atoms in total. The number of carboxylic acids is 2. The highest BCUT2D eigenvalue weighted by Gasteiger charge is 1.99. The summed E-state index contributed by atoms with van der Waals surface area (Å²) >= 11 is 0. The second-order valence-electron chi connectivity index (χ2n) is 3.14. The highest BCUT2D eigenvalue weighted by atomic mass is 16.4. The molecule has 16 heavy (non-hydrogen) atoms. The van der Waals surface area contributed by atoms with Crippen LogP contribution < -0.4 is 0 Å². The Morgan fingerprint density at radius 1 is 1.19 bits per heavy atom. The predicted molar refractivity (Wildman–Crippen MR) is 56.9 cm³/mol. The van der Waals surface area contributed by atoms with Crippen LogP contribution in [0.5, 0.6) is 0 Å². The van der Waals surface area contributed by atoms with Gasteiger partial charge in [-0.25, -0.2) is 0 Å². The van der Waals surface area contributed by atoms with Gasteiger partial charge in [-0.15, -0.1) is 0 Å². The molecule has 0 aliphatic heterocycles. The van der Waals surface area contributed by atoms with Crippen molar-refractivity contribution in [2.24, 2.45) is 0 Å². The Morgan fingerprint density at radius 3 is 2.56 bits per heavy atom. The van der Waals surface area contributed by atoms with Gasteiger partial charge < -0.3 is 10.2 Å².